The number of benzene rings is 2. The summed E-state index contributed by atoms with van der Waals surface area (Å²) in [7, 11) is -3.17. The van der Waals surface area contributed by atoms with Gasteiger partial charge in [0.15, 0.2) is 9.84 Å². The minimum absolute atomic E-state index is 0.0277. The van der Waals surface area contributed by atoms with Crippen molar-refractivity contribution < 1.29 is 22.3 Å². The van der Waals surface area contributed by atoms with Crippen molar-refractivity contribution in [2.75, 3.05) is 37.6 Å². The predicted octanol–water partition coefficient (Wildman–Crippen LogP) is 5.10. The summed E-state index contributed by atoms with van der Waals surface area (Å²) < 4.78 is 46.1. The maximum Gasteiger partial charge on any atom is 0.302 e. The summed E-state index contributed by atoms with van der Waals surface area (Å²) in [6.45, 7) is 5.92. The first kappa shape index (κ1) is 29.1. The average Bonchev–Trinajstić information content (AvgIpc) is 3.74. The average molecular weight is 594 g/mol. The Balaban J connectivity index is 1.09. The van der Waals surface area contributed by atoms with Gasteiger partial charge in [0.1, 0.15) is 11.9 Å². The second-order valence-corrected chi connectivity index (χ2v) is 15.0. The van der Waals surface area contributed by atoms with Gasteiger partial charge in [-0.2, -0.15) is 5.26 Å². The van der Waals surface area contributed by atoms with Crippen molar-refractivity contribution in [2.45, 2.75) is 73.5 Å². The lowest BCUT2D eigenvalue weighted by molar-refractivity contribution is -0.149. The first-order valence-corrected chi connectivity index (χ1v) is 16.9. The molecule has 0 aromatic heterocycles. The Morgan fingerprint density at radius 2 is 1.71 bits per heavy atom. The first-order valence-electron chi connectivity index (χ1n) is 15.4. The topological polar surface area (TPSA) is 90.7 Å². The van der Waals surface area contributed by atoms with Gasteiger partial charge in [-0.25, -0.2) is 12.8 Å². The number of piperidine rings is 1. The second-order valence-electron chi connectivity index (χ2n) is 12.7. The van der Waals surface area contributed by atoms with Gasteiger partial charge in [-0.15, -0.1) is 0 Å². The van der Waals surface area contributed by atoms with E-state index in [0.717, 1.165) is 76.9 Å². The van der Waals surface area contributed by atoms with E-state index in [9.17, 15) is 18.5 Å². The number of ether oxygens (including phenoxy) is 1. The summed E-state index contributed by atoms with van der Waals surface area (Å²) >= 11 is 0. The molecule has 2 saturated carbocycles. The second kappa shape index (κ2) is 11.6. The molecule has 0 radical (unpaired) electrons. The van der Waals surface area contributed by atoms with E-state index in [1.165, 1.54) is 13.0 Å². The molecule has 1 unspecified atom stereocenters. The molecule has 2 aromatic carbocycles. The highest BCUT2D eigenvalue weighted by Crippen LogP contribution is 2.51. The SMILES string of the molecule is CC(=O)O[C@H]1CCC[C@@H]1C(C#N)(c1ccccc1F)C1CCN(CC2CN(c3ccc(S(=O)(=O)C4CC4)cc3)C2)CC1. The quantitative estimate of drug-likeness (QED) is 0.374. The first-order chi connectivity index (χ1) is 20.2. The fraction of sp³-hybridized carbons (Fsp3) is 0.576. The number of rotatable bonds is 9. The molecule has 0 amide bonds. The summed E-state index contributed by atoms with van der Waals surface area (Å²) in [5.74, 6) is -0.448. The highest BCUT2D eigenvalue weighted by molar-refractivity contribution is 7.92. The molecule has 6 rings (SSSR count). The Kier molecular flexibility index (Phi) is 8.05. The molecule has 2 heterocycles. The van der Waals surface area contributed by atoms with Gasteiger partial charge in [-0.3, -0.25) is 4.79 Å². The highest BCUT2D eigenvalue weighted by Gasteiger charge is 2.54. The molecule has 0 spiro atoms. The van der Waals surface area contributed by atoms with Gasteiger partial charge in [0.2, 0.25) is 0 Å². The van der Waals surface area contributed by atoms with Crippen molar-refractivity contribution in [3.05, 3.63) is 59.9 Å². The molecule has 4 fully saturated rings. The van der Waals surface area contributed by atoms with E-state index in [1.54, 1.807) is 30.3 Å². The van der Waals surface area contributed by atoms with Crippen LogP contribution in [0, 0.1) is 34.9 Å². The summed E-state index contributed by atoms with van der Waals surface area (Å²) in [4.78, 5) is 17.1. The standard InChI is InChI=1S/C33H40FN3O4S/c1-23(38)41-32-8-4-6-30(32)33(22-35,29-5-2-3-7-31(29)34)25-15-17-36(18-16-25)19-24-20-37(21-24)26-9-11-27(12-10-26)42(39,40)28-13-14-28/h2-3,5,7,9-12,24-25,28,30,32H,4,6,8,13-21H2,1H3/t30-,32-,33?/m0/s1. The van der Waals surface area contributed by atoms with Crippen LogP contribution in [-0.4, -0.2) is 63.4 Å². The number of halogens is 1. The molecular formula is C33H40FN3O4S. The van der Waals surface area contributed by atoms with Gasteiger partial charge in [0.25, 0.3) is 0 Å². The third-order valence-electron chi connectivity index (χ3n) is 10.1. The number of carbonyl (C=O) groups is 1. The summed E-state index contributed by atoms with van der Waals surface area (Å²) in [5, 5.41) is 10.6. The fourth-order valence-corrected chi connectivity index (χ4v) is 9.46. The van der Waals surface area contributed by atoms with E-state index >= 15 is 4.39 Å². The van der Waals surface area contributed by atoms with Crippen LogP contribution in [0.25, 0.3) is 0 Å². The fourth-order valence-electron chi connectivity index (χ4n) is 7.80. The largest absolute Gasteiger partial charge is 0.462 e. The molecule has 224 valence electrons. The number of nitriles is 1. The Morgan fingerprint density at radius 3 is 2.33 bits per heavy atom. The molecule has 9 heteroatoms. The molecule has 2 aliphatic carbocycles. The number of hydrogen-bond acceptors (Lipinski definition) is 7. The van der Waals surface area contributed by atoms with Crippen molar-refractivity contribution in [3.8, 4) is 6.07 Å². The van der Waals surface area contributed by atoms with Crippen molar-refractivity contribution in [1.82, 2.24) is 4.90 Å². The molecule has 2 aliphatic heterocycles. The number of likely N-dealkylation sites (tertiary alicyclic amines) is 1. The van der Waals surface area contributed by atoms with Gasteiger partial charge < -0.3 is 14.5 Å². The van der Waals surface area contributed by atoms with Crippen LogP contribution in [0.1, 0.15) is 57.4 Å². The minimum Gasteiger partial charge on any atom is -0.462 e. The Bertz CT molecular complexity index is 1440. The normalized spacial score (nSPS) is 25.4. The van der Waals surface area contributed by atoms with E-state index in [4.69, 9.17) is 4.74 Å². The number of carbonyl (C=O) groups excluding carboxylic acids is 1. The molecular weight excluding hydrogens is 553 g/mol. The molecule has 7 nitrogen and oxygen atoms in total. The van der Waals surface area contributed by atoms with Crippen LogP contribution in [0.3, 0.4) is 0 Å². The third-order valence-corrected chi connectivity index (χ3v) is 12.3. The Morgan fingerprint density at radius 1 is 1.02 bits per heavy atom. The van der Waals surface area contributed by atoms with Crippen LogP contribution in [0.15, 0.2) is 53.4 Å². The smallest absolute Gasteiger partial charge is 0.302 e. The number of anilines is 1. The summed E-state index contributed by atoms with van der Waals surface area (Å²) in [6.07, 6.45) is 5.05. The van der Waals surface area contributed by atoms with E-state index in [1.807, 2.05) is 12.1 Å². The Hall–Kier alpha value is -2.96. The molecule has 0 N–H and O–H groups in total. The molecule has 4 aliphatic rings. The van der Waals surface area contributed by atoms with Gasteiger partial charge in [0, 0.05) is 49.6 Å². The Labute approximate surface area is 248 Å². The molecule has 3 atom stereocenters. The third kappa shape index (κ3) is 5.44. The van der Waals surface area contributed by atoms with Crippen LogP contribution < -0.4 is 4.90 Å². The van der Waals surface area contributed by atoms with Gasteiger partial charge in [0.05, 0.1) is 21.6 Å². The van der Waals surface area contributed by atoms with E-state index in [-0.39, 0.29) is 35.0 Å². The zero-order valence-electron chi connectivity index (χ0n) is 24.3. The zero-order valence-corrected chi connectivity index (χ0v) is 25.1. The van der Waals surface area contributed by atoms with Crippen molar-refractivity contribution in [1.29, 1.82) is 5.26 Å². The number of nitrogens with zero attached hydrogens (tertiary/aromatic N) is 3. The van der Waals surface area contributed by atoms with Crippen molar-refractivity contribution in [2.24, 2.45) is 17.8 Å². The zero-order chi connectivity index (χ0) is 29.5. The lowest BCUT2D eigenvalue weighted by Crippen LogP contribution is -2.54. The van der Waals surface area contributed by atoms with Crippen molar-refractivity contribution in [3.63, 3.8) is 0 Å². The van der Waals surface area contributed by atoms with Crippen LogP contribution in [0.5, 0.6) is 0 Å². The van der Waals surface area contributed by atoms with E-state index in [2.05, 4.69) is 15.9 Å². The predicted molar refractivity (Wildman–Crippen MR) is 158 cm³/mol. The summed E-state index contributed by atoms with van der Waals surface area (Å²) in [6, 6.07) is 16.6. The van der Waals surface area contributed by atoms with Crippen molar-refractivity contribution >= 4 is 21.5 Å². The van der Waals surface area contributed by atoms with Gasteiger partial charge >= 0.3 is 5.97 Å². The van der Waals surface area contributed by atoms with Crippen LogP contribution >= 0.6 is 0 Å². The van der Waals surface area contributed by atoms with E-state index < -0.39 is 15.3 Å². The monoisotopic (exact) mass is 593 g/mol. The maximum absolute atomic E-state index is 15.4. The molecule has 42 heavy (non-hydrogen) atoms. The van der Waals surface area contributed by atoms with Crippen LogP contribution in [0.4, 0.5) is 10.1 Å². The molecule has 2 aromatic rings. The number of hydrogen-bond donors (Lipinski definition) is 0. The van der Waals surface area contributed by atoms with Crippen LogP contribution in [-0.2, 0) is 24.8 Å². The highest BCUT2D eigenvalue weighted by atomic mass is 32.2. The molecule has 2 saturated heterocycles. The van der Waals surface area contributed by atoms with Gasteiger partial charge in [-0.1, -0.05) is 18.2 Å². The maximum atomic E-state index is 15.4. The summed E-state index contributed by atoms with van der Waals surface area (Å²) in [5.41, 5.74) is 0.461. The number of sulfone groups is 1. The van der Waals surface area contributed by atoms with Crippen LogP contribution in [0.2, 0.25) is 0 Å². The minimum atomic E-state index is -3.17. The lowest BCUT2D eigenvalue weighted by atomic mass is 9.59. The lowest BCUT2D eigenvalue weighted by Gasteiger charge is -2.47. The molecule has 0 bridgehead atoms. The van der Waals surface area contributed by atoms with E-state index in [0.29, 0.717) is 22.8 Å². The van der Waals surface area contributed by atoms with Gasteiger partial charge in [-0.05, 0) is 94.3 Å². The number of esters is 1.